The Bertz CT molecular complexity index is 1020. The normalized spacial score (nSPS) is 15.8. The summed E-state index contributed by atoms with van der Waals surface area (Å²) in [6, 6.07) is 7.59. The highest BCUT2D eigenvalue weighted by Gasteiger charge is 2.26. The number of nitrogens with two attached hydrogens (primary N) is 1. The van der Waals surface area contributed by atoms with E-state index in [0.29, 0.717) is 17.5 Å². The Morgan fingerprint density at radius 1 is 1.17 bits per heavy atom. The van der Waals surface area contributed by atoms with Crippen LogP contribution in [0, 0.1) is 11.6 Å². The first kappa shape index (κ1) is 21.5. The van der Waals surface area contributed by atoms with Crippen LogP contribution in [-0.4, -0.2) is 30.3 Å². The van der Waals surface area contributed by atoms with E-state index in [9.17, 15) is 23.2 Å². The number of carbonyl (C=O) groups excluding carboxylic acids is 3. The molecule has 0 spiro atoms. The number of hydrogen-bond donors (Lipinski definition) is 2. The summed E-state index contributed by atoms with van der Waals surface area (Å²) >= 11 is 0.560. The molecule has 0 aromatic heterocycles. The maximum absolute atomic E-state index is 14.4. The molecule has 0 aliphatic carbocycles. The largest absolute Gasteiger partial charge is 0.468 e. The van der Waals surface area contributed by atoms with Crippen LogP contribution in [0.5, 0.6) is 11.5 Å². The maximum Gasteiger partial charge on any atom is 0.322 e. The van der Waals surface area contributed by atoms with Crippen molar-refractivity contribution in [1.82, 2.24) is 5.32 Å². The van der Waals surface area contributed by atoms with Gasteiger partial charge in [0.15, 0.2) is 0 Å². The van der Waals surface area contributed by atoms with Crippen molar-refractivity contribution in [3.63, 3.8) is 0 Å². The van der Waals surface area contributed by atoms with E-state index in [-0.39, 0.29) is 17.1 Å². The van der Waals surface area contributed by atoms with Crippen LogP contribution >= 0.6 is 11.8 Å². The van der Waals surface area contributed by atoms with Gasteiger partial charge in [-0.2, -0.15) is 0 Å². The summed E-state index contributed by atoms with van der Waals surface area (Å²) in [5.41, 5.74) is 6.00. The summed E-state index contributed by atoms with van der Waals surface area (Å²) in [4.78, 5) is 34.0. The van der Waals surface area contributed by atoms with Crippen molar-refractivity contribution in [2.24, 2.45) is 5.73 Å². The lowest BCUT2D eigenvalue weighted by Gasteiger charge is -2.11. The third-order valence-corrected chi connectivity index (χ3v) is 4.90. The van der Waals surface area contributed by atoms with Gasteiger partial charge in [0.05, 0.1) is 12.0 Å². The molecule has 30 heavy (non-hydrogen) atoms. The van der Waals surface area contributed by atoms with E-state index in [1.54, 1.807) is 24.3 Å². The number of methoxy groups -OCH3 is 1. The molecule has 2 aromatic rings. The molecule has 1 unspecified atom stereocenters. The molecule has 0 saturated carbocycles. The van der Waals surface area contributed by atoms with Crippen LogP contribution in [0.25, 0.3) is 6.08 Å². The number of halogens is 2. The molecule has 7 nitrogen and oxygen atoms in total. The summed E-state index contributed by atoms with van der Waals surface area (Å²) in [6.45, 7) is 0. The van der Waals surface area contributed by atoms with E-state index in [1.165, 1.54) is 7.11 Å². The van der Waals surface area contributed by atoms with Crippen molar-refractivity contribution >= 4 is 35.0 Å². The van der Waals surface area contributed by atoms with E-state index in [0.717, 1.165) is 23.8 Å². The zero-order valence-electron chi connectivity index (χ0n) is 15.6. The number of benzene rings is 2. The summed E-state index contributed by atoms with van der Waals surface area (Å²) in [6.07, 6.45) is 1.23. The molecule has 2 aromatic carbocycles. The van der Waals surface area contributed by atoms with Crippen molar-refractivity contribution in [1.29, 1.82) is 0 Å². The number of rotatable bonds is 6. The lowest BCUT2D eigenvalue weighted by molar-refractivity contribution is -0.142. The standard InChI is InChI=1S/C20H16F2N2O5S/c1-28-19(26)16(23)6-10-2-4-11(5-3-10)29-12-7-14(21)13(15(22)8-12)9-17-18(25)24-20(27)30-17/h2-5,7-9,16H,6,23H2,1H3,(H,24,25,27). The van der Waals surface area contributed by atoms with Crippen LogP contribution < -0.4 is 15.8 Å². The van der Waals surface area contributed by atoms with Crippen LogP contribution in [0.2, 0.25) is 0 Å². The molecule has 156 valence electrons. The van der Waals surface area contributed by atoms with E-state index < -0.39 is 40.4 Å². The van der Waals surface area contributed by atoms with Gasteiger partial charge >= 0.3 is 5.97 Å². The summed E-state index contributed by atoms with van der Waals surface area (Å²) in [5, 5.41) is 1.40. The fourth-order valence-electron chi connectivity index (χ4n) is 2.63. The highest BCUT2D eigenvalue weighted by molar-refractivity contribution is 8.18. The Morgan fingerprint density at radius 3 is 2.33 bits per heavy atom. The number of amides is 2. The van der Waals surface area contributed by atoms with Crippen molar-refractivity contribution in [2.45, 2.75) is 12.5 Å². The Hall–Kier alpha value is -3.24. The smallest absolute Gasteiger partial charge is 0.322 e. The second kappa shape index (κ2) is 9.06. The molecule has 1 saturated heterocycles. The quantitative estimate of drug-likeness (QED) is 0.531. The predicted molar refractivity (Wildman–Crippen MR) is 106 cm³/mol. The number of ether oxygens (including phenoxy) is 2. The molecule has 0 radical (unpaired) electrons. The van der Waals surface area contributed by atoms with E-state index in [1.807, 2.05) is 5.32 Å². The summed E-state index contributed by atoms with van der Waals surface area (Å²) < 4.78 is 38.8. The molecule has 1 fully saturated rings. The zero-order valence-corrected chi connectivity index (χ0v) is 16.4. The molecular formula is C20H16F2N2O5S. The zero-order chi connectivity index (χ0) is 21.8. The average molecular weight is 434 g/mol. The fraction of sp³-hybridized carbons (Fsp3) is 0.150. The Morgan fingerprint density at radius 2 is 1.80 bits per heavy atom. The first-order chi connectivity index (χ1) is 14.3. The number of hydrogen-bond acceptors (Lipinski definition) is 7. The van der Waals surface area contributed by atoms with Gasteiger partial charge in [0, 0.05) is 17.7 Å². The first-order valence-corrected chi connectivity index (χ1v) is 9.42. The fourth-order valence-corrected chi connectivity index (χ4v) is 3.29. The van der Waals surface area contributed by atoms with Crippen LogP contribution in [0.3, 0.4) is 0 Å². The number of imide groups is 1. The summed E-state index contributed by atoms with van der Waals surface area (Å²) in [7, 11) is 1.25. The number of nitrogens with one attached hydrogen (secondary N) is 1. The maximum atomic E-state index is 14.4. The van der Waals surface area contributed by atoms with Crippen molar-refractivity contribution in [3.8, 4) is 11.5 Å². The second-order valence-electron chi connectivity index (χ2n) is 6.23. The molecule has 3 rings (SSSR count). The lowest BCUT2D eigenvalue weighted by atomic mass is 10.1. The van der Waals surface area contributed by atoms with E-state index in [2.05, 4.69) is 4.74 Å². The van der Waals surface area contributed by atoms with Crippen LogP contribution in [0.1, 0.15) is 11.1 Å². The Balaban J connectivity index is 1.73. The van der Waals surface area contributed by atoms with Crippen molar-refractivity contribution in [3.05, 3.63) is 64.1 Å². The first-order valence-electron chi connectivity index (χ1n) is 8.61. The number of thioether (sulfide) groups is 1. The highest BCUT2D eigenvalue weighted by Crippen LogP contribution is 2.30. The second-order valence-corrected chi connectivity index (χ2v) is 7.25. The predicted octanol–water partition coefficient (Wildman–Crippen LogP) is 3.12. The molecule has 10 heteroatoms. The average Bonchev–Trinajstić information content (AvgIpc) is 3.02. The van der Waals surface area contributed by atoms with Crippen molar-refractivity contribution in [2.75, 3.05) is 7.11 Å². The van der Waals surface area contributed by atoms with E-state index in [4.69, 9.17) is 10.5 Å². The minimum absolute atomic E-state index is 0.0919. The molecule has 1 atom stereocenters. The number of carbonyl (C=O) groups is 3. The van der Waals surface area contributed by atoms with Gasteiger partial charge in [0.25, 0.3) is 11.1 Å². The SMILES string of the molecule is COC(=O)C(N)Cc1ccc(Oc2cc(F)c(C=C3SC(=O)NC3=O)c(F)c2)cc1. The van der Waals surface area contributed by atoms with Gasteiger partial charge in [-0.3, -0.25) is 19.7 Å². The van der Waals surface area contributed by atoms with Crippen LogP contribution in [0.15, 0.2) is 41.3 Å². The van der Waals surface area contributed by atoms with Gasteiger partial charge in [0.2, 0.25) is 0 Å². The number of esters is 1. The molecule has 2 amide bonds. The Labute approximate surface area is 174 Å². The van der Waals surface area contributed by atoms with Gasteiger partial charge in [-0.1, -0.05) is 12.1 Å². The molecule has 3 N–H and O–H groups in total. The van der Waals surface area contributed by atoms with E-state index >= 15 is 0 Å². The summed E-state index contributed by atoms with van der Waals surface area (Å²) in [5.74, 6) is -2.93. The molecule has 1 aliphatic rings. The van der Waals surface area contributed by atoms with Crippen molar-refractivity contribution < 1.29 is 32.6 Å². The minimum atomic E-state index is -0.953. The monoisotopic (exact) mass is 434 g/mol. The van der Waals surface area contributed by atoms with Crippen LogP contribution in [0.4, 0.5) is 13.6 Å². The molecule has 0 bridgehead atoms. The topological polar surface area (TPSA) is 108 Å². The highest BCUT2D eigenvalue weighted by atomic mass is 32.2. The molecule has 1 heterocycles. The van der Waals surface area contributed by atoms with Gasteiger partial charge < -0.3 is 15.2 Å². The molecular weight excluding hydrogens is 418 g/mol. The third-order valence-electron chi connectivity index (χ3n) is 4.09. The van der Waals surface area contributed by atoms with Gasteiger partial charge in [0.1, 0.15) is 29.2 Å². The van der Waals surface area contributed by atoms with Crippen LogP contribution in [-0.2, 0) is 20.7 Å². The lowest BCUT2D eigenvalue weighted by Crippen LogP contribution is -2.33. The molecule has 1 aliphatic heterocycles. The van der Waals surface area contributed by atoms with Gasteiger partial charge in [-0.25, -0.2) is 8.78 Å². The van der Waals surface area contributed by atoms with Gasteiger partial charge in [-0.15, -0.1) is 0 Å². The minimum Gasteiger partial charge on any atom is -0.468 e. The van der Waals surface area contributed by atoms with Gasteiger partial charge in [-0.05, 0) is 42.0 Å². The third kappa shape index (κ3) is 5.02. The Kier molecular flexibility index (Phi) is 6.48.